The van der Waals surface area contributed by atoms with E-state index in [0.717, 1.165) is 17.7 Å². The van der Waals surface area contributed by atoms with Gasteiger partial charge in [-0.05, 0) is 18.6 Å². The van der Waals surface area contributed by atoms with Gasteiger partial charge in [0.1, 0.15) is 5.75 Å². The van der Waals surface area contributed by atoms with Crippen molar-refractivity contribution in [2.24, 2.45) is 5.41 Å². The van der Waals surface area contributed by atoms with E-state index in [4.69, 9.17) is 4.74 Å². The Balaban J connectivity index is 2.58. The van der Waals surface area contributed by atoms with Crippen molar-refractivity contribution < 1.29 is 4.74 Å². The lowest BCUT2D eigenvalue weighted by Gasteiger charge is -2.22. The Morgan fingerprint density at radius 2 is 1.93 bits per heavy atom. The lowest BCUT2D eigenvalue weighted by Crippen LogP contribution is -2.23. The molecule has 1 nitrogen and oxygen atoms in total. The maximum atomic E-state index is 5.76. The SMILES string of the molecule is Cc1ccccc1OCC(C)(C)CBr. The topological polar surface area (TPSA) is 9.23 Å². The highest BCUT2D eigenvalue weighted by atomic mass is 79.9. The van der Waals surface area contributed by atoms with E-state index in [2.05, 4.69) is 42.8 Å². The van der Waals surface area contributed by atoms with Gasteiger partial charge < -0.3 is 4.74 Å². The molecule has 0 heterocycles. The molecule has 1 aromatic carbocycles. The lowest BCUT2D eigenvalue weighted by atomic mass is 9.98. The van der Waals surface area contributed by atoms with Crippen molar-refractivity contribution in [1.29, 1.82) is 0 Å². The van der Waals surface area contributed by atoms with Crippen LogP contribution in [0.3, 0.4) is 0 Å². The van der Waals surface area contributed by atoms with Crippen molar-refractivity contribution in [1.82, 2.24) is 0 Å². The van der Waals surface area contributed by atoms with E-state index < -0.39 is 0 Å². The zero-order chi connectivity index (χ0) is 10.6. The van der Waals surface area contributed by atoms with Gasteiger partial charge in [0.15, 0.2) is 0 Å². The fraction of sp³-hybridized carbons (Fsp3) is 0.500. The van der Waals surface area contributed by atoms with Crippen LogP contribution in [-0.4, -0.2) is 11.9 Å². The normalized spacial score (nSPS) is 11.4. The molecule has 1 rings (SSSR count). The molecule has 0 saturated heterocycles. The second-order valence-corrected chi connectivity index (χ2v) is 4.91. The third kappa shape index (κ3) is 3.33. The summed E-state index contributed by atoms with van der Waals surface area (Å²) in [7, 11) is 0. The summed E-state index contributed by atoms with van der Waals surface area (Å²) < 4.78 is 5.76. The predicted molar refractivity (Wildman–Crippen MR) is 64.2 cm³/mol. The molecule has 0 spiro atoms. The third-order valence-corrected chi connectivity index (χ3v) is 3.59. The molecule has 0 aromatic heterocycles. The average Bonchev–Trinajstić information content (AvgIpc) is 2.17. The summed E-state index contributed by atoms with van der Waals surface area (Å²) >= 11 is 3.48. The van der Waals surface area contributed by atoms with Crippen molar-refractivity contribution in [3.63, 3.8) is 0 Å². The second-order valence-electron chi connectivity index (χ2n) is 4.35. The summed E-state index contributed by atoms with van der Waals surface area (Å²) in [6.07, 6.45) is 0. The van der Waals surface area contributed by atoms with Crippen LogP contribution in [0.15, 0.2) is 24.3 Å². The van der Waals surface area contributed by atoms with Gasteiger partial charge >= 0.3 is 0 Å². The Hall–Kier alpha value is -0.500. The number of benzene rings is 1. The van der Waals surface area contributed by atoms with Gasteiger partial charge in [0.25, 0.3) is 0 Å². The molecular weight excluding hydrogens is 240 g/mol. The summed E-state index contributed by atoms with van der Waals surface area (Å²) in [6, 6.07) is 8.11. The van der Waals surface area contributed by atoms with Gasteiger partial charge in [-0.3, -0.25) is 0 Å². The first kappa shape index (κ1) is 11.6. The van der Waals surface area contributed by atoms with Gasteiger partial charge in [-0.25, -0.2) is 0 Å². The van der Waals surface area contributed by atoms with Crippen LogP contribution in [0.25, 0.3) is 0 Å². The number of rotatable bonds is 4. The molecule has 14 heavy (non-hydrogen) atoms. The van der Waals surface area contributed by atoms with E-state index in [1.807, 2.05) is 18.2 Å². The highest BCUT2D eigenvalue weighted by molar-refractivity contribution is 9.09. The van der Waals surface area contributed by atoms with Gasteiger partial charge in [-0.15, -0.1) is 0 Å². The third-order valence-electron chi connectivity index (χ3n) is 2.07. The minimum Gasteiger partial charge on any atom is -0.493 e. The minimum absolute atomic E-state index is 0.183. The van der Waals surface area contributed by atoms with Crippen molar-refractivity contribution in [2.75, 3.05) is 11.9 Å². The predicted octanol–water partition coefficient (Wildman–Crippen LogP) is 3.79. The first-order valence-electron chi connectivity index (χ1n) is 4.79. The van der Waals surface area contributed by atoms with Crippen LogP contribution in [0, 0.1) is 12.3 Å². The summed E-state index contributed by atoms with van der Waals surface area (Å²) in [5.74, 6) is 0.988. The molecule has 0 saturated carbocycles. The molecule has 0 aliphatic rings. The number of para-hydroxylation sites is 1. The Morgan fingerprint density at radius 1 is 1.29 bits per heavy atom. The van der Waals surface area contributed by atoms with Crippen molar-refractivity contribution in [3.05, 3.63) is 29.8 Å². The lowest BCUT2D eigenvalue weighted by molar-refractivity contribution is 0.202. The van der Waals surface area contributed by atoms with Crippen LogP contribution in [0.5, 0.6) is 5.75 Å². The Morgan fingerprint density at radius 3 is 2.50 bits per heavy atom. The Kier molecular flexibility index (Phi) is 3.99. The molecule has 2 heteroatoms. The molecular formula is C12H17BrO. The minimum atomic E-state index is 0.183. The Bertz CT molecular complexity index is 294. The van der Waals surface area contributed by atoms with Gasteiger partial charge in [0.2, 0.25) is 0 Å². The van der Waals surface area contributed by atoms with E-state index in [0.29, 0.717) is 0 Å². The fourth-order valence-electron chi connectivity index (χ4n) is 1.03. The highest BCUT2D eigenvalue weighted by Gasteiger charge is 2.17. The molecule has 0 aliphatic heterocycles. The molecule has 78 valence electrons. The van der Waals surface area contributed by atoms with E-state index >= 15 is 0 Å². The number of hydrogen-bond acceptors (Lipinski definition) is 1. The smallest absolute Gasteiger partial charge is 0.122 e. The zero-order valence-corrected chi connectivity index (χ0v) is 10.6. The number of halogens is 1. The number of hydrogen-bond donors (Lipinski definition) is 0. The van der Waals surface area contributed by atoms with E-state index in [1.54, 1.807) is 0 Å². The summed E-state index contributed by atoms with van der Waals surface area (Å²) in [4.78, 5) is 0. The highest BCUT2D eigenvalue weighted by Crippen LogP contribution is 2.22. The fourth-order valence-corrected chi connectivity index (χ4v) is 1.19. The molecule has 0 radical (unpaired) electrons. The number of aryl methyl sites for hydroxylation is 1. The largest absolute Gasteiger partial charge is 0.493 e. The molecule has 0 bridgehead atoms. The van der Waals surface area contributed by atoms with Crippen LogP contribution in [-0.2, 0) is 0 Å². The zero-order valence-electron chi connectivity index (χ0n) is 9.01. The van der Waals surface area contributed by atoms with Crippen LogP contribution in [0.1, 0.15) is 19.4 Å². The maximum Gasteiger partial charge on any atom is 0.122 e. The first-order chi connectivity index (χ1) is 6.55. The van der Waals surface area contributed by atoms with Crippen molar-refractivity contribution >= 4 is 15.9 Å². The Labute approximate surface area is 94.6 Å². The summed E-state index contributed by atoms with van der Waals surface area (Å²) in [6.45, 7) is 7.17. The van der Waals surface area contributed by atoms with Crippen LogP contribution in [0.2, 0.25) is 0 Å². The first-order valence-corrected chi connectivity index (χ1v) is 5.92. The molecule has 0 atom stereocenters. The second kappa shape index (κ2) is 4.83. The monoisotopic (exact) mass is 256 g/mol. The maximum absolute atomic E-state index is 5.76. The molecule has 0 N–H and O–H groups in total. The van der Waals surface area contributed by atoms with E-state index in [-0.39, 0.29) is 5.41 Å². The molecule has 0 aliphatic carbocycles. The quantitative estimate of drug-likeness (QED) is 0.745. The average molecular weight is 257 g/mol. The van der Waals surface area contributed by atoms with Gasteiger partial charge in [0, 0.05) is 10.7 Å². The molecule has 0 amide bonds. The summed E-state index contributed by atoms with van der Waals surface area (Å²) in [5, 5.41) is 0.950. The van der Waals surface area contributed by atoms with Gasteiger partial charge in [-0.1, -0.05) is 48.0 Å². The van der Waals surface area contributed by atoms with Gasteiger partial charge in [0.05, 0.1) is 6.61 Å². The van der Waals surface area contributed by atoms with Crippen LogP contribution in [0.4, 0.5) is 0 Å². The number of alkyl halides is 1. The molecule has 0 fully saturated rings. The van der Waals surface area contributed by atoms with Crippen molar-refractivity contribution in [2.45, 2.75) is 20.8 Å². The van der Waals surface area contributed by atoms with E-state index in [1.165, 1.54) is 5.56 Å². The molecule has 1 aromatic rings. The molecule has 0 unspecified atom stereocenters. The van der Waals surface area contributed by atoms with Crippen molar-refractivity contribution in [3.8, 4) is 5.75 Å². The van der Waals surface area contributed by atoms with Crippen LogP contribution >= 0.6 is 15.9 Å². The summed E-state index contributed by atoms with van der Waals surface area (Å²) in [5.41, 5.74) is 1.38. The van der Waals surface area contributed by atoms with E-state index in [9.17, 15) is 0 Å². The number of ether oxygens (including phenoxy) is 1. The standard InChI is InChI=1S/C12H17BrO/c1-10-6-4-5-7-11(10)14-9-12(2,3)8-13/h4-7H,8-9H2,1-3H3. The van der Waals surface area contributed by atoms with Gasteiger partial charge in [-0.2, -0.15) is 0 Å². The van der Waals surface area contributed by atoms with Crippen LogP contribution < -0.4 is 4.74 Å².